The van der Waals surface area contributed by atoms with Crippen LogP contribution in [0.5, 0.6) is 0 Å². The molecule has 0 heterocycles. The van der Waals surface area contributed by atoms with Crippen molar-refractivity contribution in [1.29, 1.82) is 0 Å². The molecule has 10 heteroatoms. The van der Waals surface area contributed by atoms with E-state index in [1.807, 2.05) is 0 Å². The van der Waals surface area contributed by atoms with Crippen molar-refractivity contribution in [3.63, 3.8) is 0 Å². The molecule has 0 saturated heterocycles. The van der Waals surface area contributed by atoms with Gasteiger partial charge in [-0.05, 0) is 55.5 Å². The van der Waals surface area contributed by atoms with E-state index >= 15 is 0 Å². The maximum Gasteiger partial charge on any atom is 0.416 e. The van der Waals surface area contributed by atoms with E-state index in [0.717, 1.165) is 34.8 Å². The number of halogens is 3. The molecule has 0 bridgehead atoms. The zero-order chi connectivity index (χ0) is 21.1. The third-order valence-corrected chi connectivity index (χ3v) is 4.89. The lowest BCUT2D eigenvalue weighted by atomic mass is 10.1. The molecule has 2 rings (SSSR count). The van der Waals surface area contributed by atoms with Gasteiger partial charge in [-0.2, -0.15) is 13.2 Å². The molecule has 0 aliphatic carbocycles. The molecule has 0 atom stereocenters. The number of hydrogen-bond donors (Lipinski definition) is 1. The Morgan fingerprint density at radius 3 is 1.96 bits per heavy atom. The normalized spacial score (nSPS) is 11.8. The van der Waals surface area contributed by atoms with Crippen LogP contribution in [0.3, 0.4) is 0 Å². The van der Waals surface area contributed by atoms with Crippen LogP contribution in [-0.2, 0) is 21.0 Å². The molecule has 0 fully saturated rings. The fraction of sp³-hybridized carbons (Fsp3) is 0.222. The first-order chi connectivity index (χ1) is 12.9. The van der Waals surface area contributed by atoms with Crippen molar-refractivity contribution in [3.05, 3.63) is 59.7 Å². The number of amides is 1. The second-order valence-corrected chi connectivity index (χ2v) is 7.90. The Labute approximate surface area is 160 Å². The van der Waals surface area contributed by atoms with E-state index in [2.05, 4.69) is 5.32 Å². The molecule has 1 amide bonds. The average molecular weight is 414 g/mol. The van der Waals surface area contributed by atoms with E-state index in [1.54, 1.807) is 0 Å². The number of Topliss-reactive ketones (excluding diaryl/α,β-unsaturated/α-hetero) is 1. The Morgan fingerprint density at radius 1 is 1.00 bits per heavy atom. The lowest BCUT2D eigenvalue weighted by Crippen LogP contribution is -2.37. The minimum Gasteiger partial charge on any atom is -0.325 e. The number of nitrogens with zero attached hydrogens (tertiary/aromatic N) is 1. The second-order valence-electron chi connectivity index (χ2n) is 6.00. The predicted octanol–water partition coefficient (Wildman–Crippen LogP) is 3.31. The zero-order valence-electron chi connectivity index (χ0n) is 14.9. The van der Waals surface area contributed by atoms with E-state index in [0.29, 0.717) is 5.56 Å². The van der Waals surface area contributed by atoms with Gasteiger partial charge in [0.25, 0.3) is 0 Å². The van der Waals surface area contributed by atoms with E-state index in [1.165, 1.54) is 31.2 Å². The maximum atomic E-state index is 12.6. The third-order valence-electron chi connectivity index (χ3n) is 3.75. The molecular weight excluding hydrogens is 397 g/mol. The highest BCUT2D eigenvalue weighted by Crippen LogP contribution is 2.29. The quantitative estimate of drug-likeness (QED) is 0.735. The van der Waals surface area contributed by atoms with Crippen LogP contribution >= 0.6 is 0 Å². The summed E-state index contributed by atoms with van der Waals surface area (Å²) in [5.74, 6) is -0.932. The Kier molecular flexibility index (Phi) is 6.13. The molecule has 0 spiro atoms. The number of rotatable bonds is 6. The van der Waals surface area contributed by atoms with E-state index < -0.39 is 34.2 Å². The number of benzene rings is 2. The van der Waals surface area contributed by atoms with Crippen LogP contribution in [0.15, 0.2) is 48.5 Å². The van der Waals surface area contributed by atoms with Crippen molar-refractivity contribution in [2.24, 2.45) is 0 Å². The largest absolute Gasteiger partial charge is 0.416 e. The lowest BCUT2D eigenvalue weighted by Gasteiger charge is -2.22. The first kappa shape index (κ1) is 21.4. The Hall–Kier alpha value is -2.88. The van der Waals surface area contributed by atoms with Gasteiger partial charge in [-0.1, -0.05) is 0 Å². The number of carbonyl (C=O) groups is 2. The monoisotopic (exact) mass is 414 g/mol. The summed E-state index contributed by atoms with van der Waals surface area (Å²) in [6.45, 7) is 0.778. The van der Waals surface area contributed by atoms with Crippen LogP contribution in [0.1, 0.15) is 22.8 Å². The Balaban J connectivity index is 2.16. The number of carbonyl (C=O) groups excluding carboxylic acids is 2. The SMILES string of the molecule is CC(=O)c1ccc(N(CC(=O)Nc2ccc(C(F)(F)F)cc2)S(C)(=O)=O)cc1. The van der Waals surface area contributed by atoms with Crippen molar-refractivity contribution < 1.29 is 31.2 Å². The summed E-state index contributed by atoms with van der Waals surface area (Å²) in [5, 5.41) is 2.36. The fourth-order valence-corrected chi connectivity index (χ4v) is 3.19. The highest BCUT2D eigenvalue weighted by Gasteiger charge is 2.30. The first-order valence-corrected chi connectivity index (χ1v) is 9.78. The highest BCUT2D eigenvalue weighted by molar-refractivity contribution is 7.92. The summed E-state index contributed by atoms with van der Waals surface area (Å²) in [6.07, 6.45) is -3.58. The fourth-order valence-electron chi connectivity index (χ4n) is 2.34. The number of hydrogen-bond acceptors (Lipinski definition) is 4. The van der Waals surface area contributed by atoms with Crippen LogP contribution in [0.2, 0.25) is 0 Å². The molecule has 2 aromatic carbocycles. The van der Waals surface area contributed by atoms with Crippen molar-refractivity contribution in [2.75, 3.05) is 22.4 Å². The van der Waals surface area contributed by atoms with Gasteiger partial charge in [-0.25, -0.2) is 8.42 Å². The van der Waals surface area contributed by atoms with Crippen molar-refractivity contribution in [3.8, 4) is 0 Å². The lowest BCUT2D eigenvalue weighted by molar-refractivity contribution is -0.137. The predicted molar refractivity (Wildman–Crippen MR) is 98.7 cm³/mol. The summed E-state index contributed by atoms with van der Waals surface area (Å²) >= 11 is 0. The number of nitrogens with one attached hydrogen (secondary N) is 1. The minimum absolute atomic E-state index is 0.0957. The molecule has 150 valence electrons. The summed E-state index contributed by atoms with van der Waals surface area (Å²) in [4.78, 5) is 23.5. The zero-order valence-corrected chi connectivity index (χ0v) is 15.8. The molecule has 6 nitrogen and oxygen atoms in total. The molecule has 0 aliphatic heterocycles. The molecular formula is C18H17F3N2O4S. The first-order valence-electron chi connectivity index (χ1n) is 7.94. The second kappa shape index (κ2) is 8.01. The van der Waals surface area contributed by atoms with Gasteiger partial charge < -0.3 is 5.32 Å². The summed E-state index contributed by atoms with van der Waals surface area (Å²) < 4.78 is 62.6. The molecule has 0 aliphatic rings. The summed E-state index contributed by atoms with van der Waals surface area (Å²) in [6, 6.07) is 9.43. The molecule has 28 heavy (non-hydrogen) atoms. The number of sulfonamides is 1. The topological polar surface area (TPSA) is 83.6 Å². The molecule has 2 aromatic rings. The standard InChI is InChI=1S/C18H17F3N2O4S/c1-12(24)13-3-9-16(10-4-13)23(28(2,26)27)11-17(25)22-15-7-5-14(6-8-15)18(19,20)21/h3-10H,11H2,1-2H3,(H,22,25). The molecule has 0 unspecified atom stereocenters. The van der Waals surface area contributed by atoms with Gasteiger partial charge in [-0.15, -0.1) is 0 Å². The Morgan fingerprint density at radius 2 is 1.54 bits per heavy atom. The number of alkyl halides is 3. The summed E-state index contributed by atoms with van der Waals surface area (Å²) in [5.41, 5.74) is -0.214. The van der Waals surface area contributed by atoms with Gasteiger partial charge in [-0.3, -0.25) is 13.9 Å². The van der Waals surface area contributed by atoms with E-state index in [-0.39, 0.29) is 17.2 Å². The maximum absolute atomic E-state index is 12.6. The number of ketones is 1. The van der Waals surface area contributed by atoms with Crippen LogP contribution in [0.25, 0.3) is 0 Å². The van der Waals surface area contributed by atoms with Crippen LogP contribution in [0, 0.1) is 0 Å². The highest BCUT2D eigenvalue weighted by atomic mass is 32.2. The van der Waals surface area contributed by atoms with Crippen LogP contribution in [0.4, 0.5) is 24.5 Å². The van der Waals surface area contributed by atoms with E-state index in [4.69, 9.17) is 0 Å². The average Bonchev–Trinajstić information content (AvgIpc) is 2.58. The van der Waals surface area contributed by atoms with Gasteiger partial charge >= 0.3 is 6.18 Å². The number of anilines is 2. The minimum atomic E-state index is -4.50. The van der Waals surface area contributed by atoms with Gasteiger partial charge in [0, 0.05) is 11.3 Å². The molecule has 1 N–H and O–H groups in total. The third kappa shape index (κ3) is 5.56. The smallest absolute Gasteiger partial charge is 0.325 e. The van der Waals surface area contributed by atoms with Crippen LogP contribution < -0.4 is 9.62 Å². The van der Waals surface area contributed by atoms with Crippen LogP contribution in [-0.4, -0.2) is 32.9 Å². The Bertz CT molecular complexity index is 969. The van der Waals surface area contributed by atoms with Crippen molar-refractivity contribution >= 4 is 33.1 Å². The van der Waals surface area contributed by atoms with Crippen molar-refractivity contribution in [1.82, 2.24) is 0 Å². The van der Waals surface area contributed by atoms with Gasteiger partial charge in [0.2, 0.25) is 15.9 Å². The van der Waals surface area contributed by atoms with Gasteiger partial charge in [0.05, 0.1) is 17.5 Å². The molecule has 0 aromatic heterocycles. The van der Waals surface area contributed by atoms with Gasteiger partial charge in [0.15, 0.2) is 5.78 Å². The van der Waals surface area contributed by atoms with Crippen molar-refractivity contribution in [2.45, 2.75) is 13.1 Å². The molecule has 0 radical (unpaired) electrons. The summed E-state index contributed by atoms with van der Waals surface area (Å²) in [7, 11) is -3.83. The molecule has 0 saturated carbocycles. The van der Waals surface area contributed by atoms with Gasteiger partial charge in [0.1, 0.15) is 6.54 Å². The van der Waals surface area contributed by atoms with E-state index in [9.17, 15) is 31.2 Å².